The molecule has 0 aromatic rings. The standard InChI is InChI=1S/C10H19N3O3/c11-3-6-16-7-9(14)13-4-1-8(2-5-13)10(12)15/h8H,1-7,11H2,(H2,12,15). The van der Waals surface area contributed by atoms with Crippen molar-refractivity contribution in [2.75, 3.05) is 32.8 Å². The van der Waals surface area contributed by atoms with E-state index in [1.54, 1.807) is 4.90 Å². The number of amides is 2. The summed E-state index contributed by atoms with van der Waals surface area (Å²) < 4.78 is 5.06. The van der Waals surface area contributed by atoms with Gasteiger partial charge in [-0.25, -0.2) is 0 Å². The zero-order chi connectivity index (χ0) is 12.0. The van der Waals surface area contributed by atoms with Gasteiger partial charge in [-0.3, -0.25) is 9.59 Å². The molecular formula is C10H19N3O3. The van der Waals surface area contributed by atoms with Gasteiger partial charge in [0.05, 0.1) is 6.61 Å². The van der Waals surface area contributed by atoms with Gasteiger partial charge in [0.2, 0.25) is 11.8 Å². The second-order valence-electron chi connectivity index (χ2n) is 3.90. The number of carbonyl (C=O) groups is 2. The van der Waals surface area contributed by atoms with Crippen molar-refractivity contribution < 1.29 is 14.3 Å². The van der Waals surface area contributed by atoms with Crippen molar-refractivity contribution in [3.8, 4) is 0 Å². The predicted molar refractivity (Wildman–Crippen MR) is 58.4 cm³/mol. The van der Waals surface area contributed by atoms with Crippen molar-refractivity contribution in [1.29, 1.82) is 0 Å². The number of carbonyl (C=O) groups excluding carboxylic acids is 2. The minimum atomic E-state index is -0.272. The second-order valence-corrected chi connectivity index (χ2v) is 3.90. The molecule has 6 nitrogen and oxygen atoms in total. The lowest BCUT2D eigenvalue weighted by atomic mass is 9.96. The van der Waals surface area contributed by atoms with E-state index in [9.17, 15) is 9.59 Å². The van der Waals surface area contributed by atoms with Crippen LogP contribution in [0.2, 0.25) is 0 Å². The van der Waals surface area contributed by atoms with Gasteiger partial charge < -0.3 is 21.1 Å². The van der Waals surface area contributed by atoms with Crippen LogP contribution < -0.4 is 11.5 Å². The van der Waals surface area contributed by atoms with Crippen molar-refractivity contribution >= 4 is 11.8 Å². The lowest BCUT2D eigenvalue weighted by Gasteiger charge is -2.30. The molecule has 1 aliphatic heterocycles. The fourth-order valence-corrected chi connectivity index (χ4v) is 1.75. The number of hydrogen-bond donors (Lipinski definition) is 2. The Kier molecular flexibility index (Phi) is 5.21. The van der Waals surface area contributed by atoms with E-state index in [1.807, 2.05) is 0 Å². The van der Waals surface area contributed by atoms with Crippen LogP contribution >= 0.6 is 0 Å². The van der Waals surface area contributed by atoms with Gasteiger partial charge in [-0.2, -0.15) is 0 Å². The Balaban J connectivity index is 2.25. The molecular weight excluding hydrogens is 210 g/mol. The van der Waals surface area contributed by atoms with E-state index in [0.29, 0.717) is 39.1 Å². The van der Waals surface area contributed by atoms with Crippen LogP contribution in [0.1, 0.15) is 12.8 Å². The number of ether oxygens (including phenoxy) is 1. The molecule has 6 heteroatoms. The zero-order valence-electron chi connectivity index (χ0n) is 9.35. The molecule has 92 valence electrons. The Morgan fingerprint density at radius 1 is 1.31 bits per heavy atom. The molecule has 0 aliphatic carbocycles. The van der Waals surface area contributed by atoms with Gasteiger partial charge in [-0.05, 0) is 12.8 Å². The average Bonchev–Trinajstić information content (AvgIpc) is 2.29. The van der Waals surface area contributed by atoms with Crippen LogP contribution in [-0.2, 0) is 14.3 Å². The fraction of sp³-hybridized carbons (Fsp3) is 0.800. The Morgan fingerprint density at radius 3 is 2.44 bits per heavy atom. The molecule has 4 N–H and O–H groups in total. The first-order chi connectivity index (χ1) is 7.65. The highest BCUT2D eigenvalue weighted by molar-refractivity contribution is 5.79. The lowest BCUT2D eigenvalue weighted by molar-refractivity contribution is -0.139. The van der Waals surface area contributed by atoms with Gasteiger partial charge in [-0.15, -0.1) is 0 Å². The maximum absolute atomic E-state index is 11.6. The van der Waals surface area contributed by atoms with Crippen LogP contribution in [0.5, 0.6) is 0 Å². The molecule has 1 fully saturated rings. The summed E-state index contributed by atoms with van der Waals surface area (Å²) in [5, 5.41) is 0. The van der Waals surface area contributed by atoms with Crippen molar-refractivity contribution in [2.24, 2.45) is 17.4 Å². The number of piperidine rings is 1. The summed E-state index contributed by atoms with van der Waals surface area (Å²) in [5.41, 5.74) is 10.4. The monoisotopic (exact) mass is 229 g/mol. The van der Waals surface area contributed by atoms with Crippen LogP contribution in [-0.4, -0.2) is 49.6 Å². The third kappa shape index (κ3) is 3.79. The number of rotatable bonds is 5. The molecule has 1 heterocycles. The number of likely N-dealkylation sites (tertiary alicyclic amines) is 1. The second kappa shape index (κ2) is 6.44. The summed E-state index contributed by atoms with van der Waals surface area (Å²) in [6, 6.07) is 0. The molecule has 0 aromatic carbocycles. The van der Waals surface area contributed by atoms with E-state index < -0.39 is 0 Å². The first kappa shape index (κ1) is 12.9. The molecule has 0 atom stereocenters. The van der Waals surface area contributed by atoms with Crippen LogP contribution in [0, 0.1) is 5.92 Å². The molecule has 0 unspecified atom stereocenters. The Bertz CT molecular complexity index is 250. The largest absolute Gasteiger partial charge is 0.370 e. The van der Waals surface area contributed by atoms with Crippen molar-refractivity contribution in [2.45, 2.75) is 12.8 Å². The summed E-state index contributed by atoms with van der Waals surface area (Å²) in [6.07, 6.45) is 1.30. The first-order valence-corrected chi connectivity index (χ1v) is 5.50. The van der Waals surface area contributed by atoms with E-state index >= 15 is 0 Å². The highest BCUT2D eigenvalue weighted by Gasteiger charge is 2.25. The molecule has 1 saturated heterocycles. The molecule has 0 bridgehead atoms. The molecule has 16 heavy (non-hydrogen) atoms. The Labute approximate surface area is 94.9 Å². The first-order valence-electron chi connectivity index (χ1n) is 5.50. The molecule has 0 aromatic heterocycles. The summed E-state index contributed by atoms with van der Waals surface area (Å²) >= 11 is 0. The summed E-state index contributed by atoms with van der Waals surface area (Å²) in [6.45, 7) is 2.04. The fourth-order valence-electron chi connectivity index (χ4n) is 1.75. The summed E-state index contributed by atoms with van der Waals surface area (Å²) in [7, 11) is 0. The SMILES string of the molecule is NCCOCC(=O)N1CCC(C(N)=O)CC1. The lowest BCUT2D eigenvalue weighted by Crippen LogP contribution is -2.43. The Morgan fingerprint density at radius 2 is 1.94 bits per heavy atom. The van der Waals surface area contributed by atoms with Gasteiger partial charge in [0.25, 0.3) is 0 Å². The molecule has 0 spiro atoms. The maximum atomic E-state index is 11.6. The van der Waals surface area contributed by atoms with Gasteiger partial charge in [0, 0.05) is 25.6 Å². The minimum absolute atomic E-state index is 0.0450. The third-order valence-electron chi connectivity index (χ3n) is 2.74. The highest BCUT2D eigenvalue weighted by Crippen LogP contribution is 2.16. The number of nitrogens with two attached hydrogens (primary N) is 2. The van der Waals surface area contributed by atoms with E-state index in [1.165, 1.54) is 0 Å². The molecule has 1 rings (SSSR count). The van der Waals surface area contributed by atoms with Crippen LogP contribution in [0.25, 0.3) is 0 Å². The molecule has 0 radical (unpaired) electrons. The third-order valence-corrected chi connectivity index (χ3v) is 2.74. The maximum Gasteiger partial charge on any atom is 0.248 e. The summed E-state index contributed by atoms with van der Waals surface area (Å²) in [4.78, 5) is 24.2. The zero-order valence-corrected chi connectivity index (χ0v) is 9.35. The average molecular weight is 229 g/mol. The predicted octanol–water partition coefficient (Wildman–Crippen LogP) is -1.31. The van der Waals surface area contributed by atoms with Crippen LogP contribution in [0.4, 0.5) is 0 Å². The molecule has 2 amide bonds. The number of nitrogens with zero attached hydrogens (tertiary/aromatic N) is 1. The van der Waals surface area contributed by atoms with Gasteiger partial charge in [-0.1, -0.05) is 0 Å². The smallest absolute Gasteiger partial charge is 0.248 e. The van der Waals surface area contributed by atoms with E-state index in [2.05, 4.69) is 0 Å². The number of hydrogen-bond acceptors (Lipinski definition) is 4. The van der Waals surface area contributed by atoms with Crippen molar-refractivity contribution in [3.63, 3.8) is 0 Å². The highest BCUT2D eigenvalue weighted by atomic mass is 16.5. The molecule has 1 aliphatic rings. The van der Waals surface area contributed by atoms with E-state index in [4.69, 9.17) is 16.2 Å². The van der Waals surface area contributed by atoms with Crippen LogP contribution in [0.3, 0.4) is 0 Å². The number of primary amides is 1. The van der Waals surface area contributed by atoms with Gasteiger partial charge >= 0.3 is 0 Å². The minimum Gasteiger partial charge on any atom is -0.370 e. The molecule has 0 saturated carbocycles. The van der Waals surface area contributed by atoms with Gasteiger partial charge in [0.1, 0.15) is 6.61 Å². The topological polar surface area (TPSA) is 98.7 Å². The van der Waals surface area contributed by atoms with Crippen molar-refractivity contribution in [1.82, 2.24) is 4.90 Å². The van der Waals surface area contributed by atoms with Crippen molar-refractivity contribution in [3.05, 3.63) is 0 Å². The van der Waals surface area contributed by atoms with E-state index in [0.717, 1.165) is 0 Å². The quantitative estimate of drug-likeness (QED) is 0.571. The van der Waals surface area contributed by atoms with Crippen LogP contribution in [0.15, 0.2) is 0 Å². The van der Waals surface area contributed by atoms with E-state index in [-0.39, 0.29) is 24.3 Å². The Hall–Kier alpha value is -1.14. The summed E-state index contributed by atoms with van der Waals surface area (Å²) in [5.74, 6) is -0.406. The normalized spacial score (nSPS) is 17.4. The van der Waals surface area contributed by atoms with Gasteiger partial charge in [0.15, 0.2) is 0 Å².